The van der Waals surface area contributed by atoms with E-state index in [1.165, 1.54) is 12.1 Å². The van der Waals surface area contributed by atoms with Crippen molar-refractivity contribution in [3.05, 3.63) is 59.3 Å². The molecule has 5 nitrogen and oxygen atoms in total. The molecule has 0 unspecified atom stereocenters. The predicted octanol–water partition coefficient (Wildman–Crippen LogP) is 5.16. The third-order valence-corrected chi connectivity index (χ3v) is 6.73. The number of pyridine rings is 1. The number of halogens is 3. The van der Waals surface area contributed by atoms with Crippen molar-refractivity contribution in [1.82, 2.24) is 14.6 Å². The molecule has 5 rings (SSSR count). The van der Waals surface area contributed by atoms with Crippen LogP contribution in [0.1, 0.15) is 55.0 Å². The Morgan fingerprint density at radius 2 is 1.74 bits per heavy atom. The number of hydrogen-bond donors (Lipinski definition) is 0. The molecule has 0 amide bonds. The van der Waals surface area contributed by atoms with E-state index in [0.717, 1.165) is 36.8 Å². The first-order chi connectivity index (χ1) is 14.8. The molecule has 0 saturated heterocycles. The number of alkyl halides is 2. The second-order valence-corrected chi connectivity index (χ2v) is 8.60. The highest BCUT2D eigenvalue weighted by Gasteiger charge is 2.60. The first kappa shape index (κ1) is 20.3. The number of methoxy groups -OCH3 is 1. The molecule has 8 heteroatoms. The molecule has 2 aromatic heterocycles. The molecule has 2 aliphatic carbocycles. The van der Waals surface area contributed by atoms with Crippen LogP contribution in [0.3, 0.4) is 0 Å². The summed E-state index contributed by atoms with van der Waals surface area (Å²) in [5.74, 6) is -2.82. The molecule has 2 fully saturated rings. The van der Waals surface area contributed by atoms with Crippen LogP contribution in [-0.4, -0.2) is 33.7 Å². The highest BCUT2D eigenvalue weighted by Crippen LogP contribution is 2.55. The van der Waals surface area contributed by atoms with Crippen molar-refractivity contribution in [2.75, 3.05) is 7.11 Å². The van der Waals surface area contributed by atoms with E-state index in [2.05, 4.69) is 10.2 Å². The number of rotatable bonds is 5. The molecular weight excluding hydrogens is 407 g/mol. The Balaban J connectivity index is 1.31. The molecule has 2 saturated carbocycles. The summed E-state index contributed by atoms with van der Waals surface area (Å²) in [6.45, 7) is 1.87. The summed E-state index contributed by atoms with van der Waals surface area (Å²) in [4.78, 5) is 0. The van der Waals surface area contributed by atoms with Gasteiger partial charge in [-0.15, -0.1) is 10.2 Å². The molecule has 164 valence electrons. The molecule has 31 heavy (non-hydrogen) atoms. The largest absolute Gasteiger partial charge is 0.490 e. The van der Waals surface area contributed by atoms with Crippen LogP contribution in [0.15, 0.2) is 36.5 Å². The summed E-state index contributed by atoms with van der Waals surface area (Å²) in [6.07, 6.45) is 4.61. The van der Waals surface area contributed by atoms with Crippen molar-refractivity contribution in [2.24, 2.45) is 0 Å². The van der Waals surface area contributed by atoms with E-state index in [4.69, 9.17) is 9.47 Å². The zero-order valence-corrected chi connectivity index (χ0v) is 17.4. The van der Waals surface area contributed by atoms with Gasteiger partial charge in [-0.1, -0.05) is 12.1 Å². The van der Waals surface area contributed by atoms with Gasteiger partial charge in [0.1, 0.15) is 17.4 Å². The van der Waals surface area contributed by atoms with Gasteiger partial charge in [0.25, 0.3) is 5.92 Å². The Kier molecular flexibility index (Phi) is 4.73. The maximum atomic E-state index is 13.5. The fraction of sp³-hybridized carbons (Fsp3) is 0.478. The zero-order chi connectivity index (χ0) is 21.8. The minimum Gasteiger partial charge on any atom is -0.490 e. The van der Waals surface area contributed by atoms with Gasteiger partial charge in [-0.05, 0) is 56.4 Å². The van der Waals surface area contributed by atoms with E-state index in [0.29, 0.717) is 17.2 Å². The van der Waals surface area contributed by atoms with Crippen LogP contribution in [0.4, 0.5) is 13.2 Å². The summed E-state index contributed by atoms with van der Waals surface area (Å²) >= 11 is 0. The fourth-order valence-corrected chi connectivity index (χ4v) is 4.66. The molecule has 1 aromatic carbocycles. The molecule has 0 spiro atoms. The number of aryl methyl sites for hydroxylation is 1. The SMILES string of the molecule is COC1(c2ccc(F)cc2)CCC(Oc2ccn3c([C@@H]4CC4(F)F)nnc3c2C)CC1. The van der Waals surface area contributed by atoms with Gasteiger partial charge in [0, 0.05) is 25.3 Å². The Morgan fingerprint density at radius 3 is 2.35 bits per heavy atom. The monoisotopic (exact) mass is 431 g/mol. The van der Waals surface area contributed by atoms with E-state index in [9.17, 15) is 13.2 Å². The van der Waals surface area contributed by atoms with Gasteiger partial charge >= 0.3 is 0 Å². The van der Waals surface area contributed by atoms with Gasteiger partial charge in [-0.2, -0.15) is 0 Å². The van der Waals surface area contributed by atoms with Gasteiger partial charge in [-0.25, -0.2) is 13.2 Å². The normalized spacial score (nSPS) is 27.4. The molecular formula is C23H24F3N3O2. The summed E-state index contributed by atoms with van der Waals surface area (Å²) in [5.41, 5.74) is 1.86. The lowest BCUT2D eigenvalue weighted by Crippen LogP contribution is -2.37. The highest BCUT2D eigenvalue weighted by atomic mass is 19.3. The fourth-order valence-electron chi connectivity index (χ4n) is 4.66. The van der Waals surface area contributed by atoms with Crippen LogP contribution >= 0.6 is 0 Å². The summed E-state index contributed by atoms with van der Waals surface area (Å²) in [5, 5.41) is 8.14. The lowest BCUT2D eigenvalue weighted by molar-refractivity contribution is -0.0650. The van der Waals surface area contributed by atoms with Crippen LogP contribution in [-0.2, 0) is 10.3 Å². The molecule has 2 aliphatic rings. The number of ether oxygens (including phenoxy) is 2. The van der Waals surface area contributed by atoms with E-state index >= 15 is 0 Å². The number of benzene rings is 1. The molecule has 0 aliphatic heterocycles. The molecule has 1 atom stereocenters. The summed E-state index contributed by atoms with van der Waals surface area (Å²) in [7, 11) is 1.69. The molecule has 0 N–H and O–H groups in total. The highest BCUT2D eigenvalue weighted by molar-refractivity contribution is 5.54. The van der Waals surface area contributed by atoms with Crippen LogP contribution in [0.25, 0.3) is 5.65 Å². The Morgan fingerprint density at radius 1 is 1.06 bits per heavy atom. The lowest BCUT2D eigenvalue weighted by atomic mass is 9.78. The van der Waals surface area contributed by atoms with Crippen LogP contribution < -0.4 is 4.74 Å². The standard InChI is InChI=1S/C23H24F3N3O2/c1-14-19(9-12-29-20(14)27-28-21(29)18-13-23(18,25)26)31-17-7-10-22(30-2,11-8-17)15-3-5-16(24)6-4-15/h3-6,9,12,17-18H,7-8,10-11,13H2,1-2H3/t17?,18-,22?/m0/s1. The molecule has 0 bridgehead atoms. The van der Waals surface area contributed by atoms with Gasteiger partial charge in [0.15, 0.2) is 5.65 Å². The maximum absolute atomic E-state index is 13.5. The summed E-state index contributed by atoms with van der Waals surface area (Å²) in [6, 6.07) is 8.28. The second-order valence-electron chi connectivity index (χ2n) is 8.60. The van der Waals surface area contributed by atoms with Gasteiger partial charge in [0.05, 0.1) is 17.6 Å². The maximum Gasteiger partial charge on any atom is 0.259 e. The first-order valence-electron chi connectivity index (χ1n) is 10.5. The second kappa shape index (κ2) is 7.22. The Labute approximate surface area is 178 Å². The average molecular weight is 431 g/mol. The smallest absolute Gasteiger partial charge is 0.259 e. The third kappa shape index (κ3) is 3.46. The Bertz CT molecular complexity index is 1110. The van der Waals surface area contributed by atoms with Gasteiger partial charge in [-0.3, -0.25) is 4.40 Å². The quantitative estimate of drug-likeness (QED) is 0.560. The minimum atomic E-state index is -2.69. The van der Waals surface area contributed by atoms with Crippen LogP contribution in [0.2, 0.25) is 0 Å². The van der Waals surface area contributed by atoms with E-state index in [1.807, 2.05) is 6.92 Å². The van der Waals surface area contributed by atoms with E-state index in [1.54, 1.807) is 35.9 Å². The van der Waals surface area contributed by atoms with Crippen molar-refractivity contribution >= 4 is 5.65 Å². The van der Waals surface area contributed by atoms with Crippen LogP contribution in [0, 0.1) is 12.7 Å². The topological polar surface area (TPSA) is 48.7 Å². The molecule has 0 radical (unpaired) electrons. The van der Waals surface area contributed by atoms with Crippen molar-refractivity contribution in [3.8, 4) is 5.75 Å². The van der Waals surface area contributed by atoms with Crippen molar-refractivity contribution in [2.45, 2.75) is 62.6 Å². The Hall–Kier alpha value is -2.61. The number of aromatic nitrogens is 3. The predicted molar refractivity (Wildman–Crippen MR) is 108 cm³/mol. The minimum absolute atomic E-state index is 0.0000283. The van der Waals surface area contributed by atoms with Gasteiger partial charge in [0.2, 0.25) is 0 Å². The number of hydrogen-bond acceptors (Lipinski definition) is 4. The molecule has 3 aromatic rings. The van der Waals surface area contributed by atoms with E-state index in [-0.39, 0.29) is 18.3 Å². The number of fused-ring (bicyclic) bond motifs is 1. The summed E-state index contributed by atoms with van der Waals surface area (Å²) < 4.78 is 54.0. The molecule has 2 heterocycles. The van der Waals surface area contributed by atoms with Crippen molar-refractivity contribution in [3.63, 3.8) is 0 Å². The first-order valence-corrected chi connectivity index (χ1v) is 10.5. The number of nitrogens with zero attached hydrogens (tertiary/aromatic N) is 3. The third-order valence-electron chi connectivity index (χ3n) is 6.73. The van der Waals surface area contributed by atoms with Crippen molar-refractivity contribution in [1.29, 1.82) is 0 Å². The van der Waals surface area contributed by atoms with Gasteiger partial charge < -0.3 is 9.47 Å². The van der Waals surface area contributed by atoms with E-state index < -0.39 is 17.4 Å². The zero-order valence-electron chi connectivity index (χ0n) is 17.4. The van der Waals surface area contributed by atoms with Crippen molar-refractivity contribution < 1.29 is 22.6 Å². The lowest BCUT2D eigenvalue weighted by Gasteiger charge is -2.39. The van der Waals surface area contributed by atoms with Crippen LogP contribution in [0.5, 0.6) is 5.75 Å². The average Bonchev–Trinajstić information content (AvgIpc) is 3.19.